The van der Waals surface area contributed by atoms with Crippen molar-refractivity contribution in [2.45, 2.75) is 18.9 Å². The number of amides is 2. The number of hydrogen-bond acceptors (Lipinski definition) is 3. The molecule has 1 aliphatic rings. The number of hydrogen-bond donors (Lipinski definition) is 3. The van der Waals surface area contributed by atoms with Crippen LogP contribution in [0.25, 0.3) is 0 Å². The SMILES string of the molecule is Cn1nccc1CCNC(=O)NC1C=CC(C(=O)O)C1. The number of carboxylic acids is 1. The normalized spacial score (nSPS) is 20.9. The van der Waals surface area contributed by atoms with Crippen LogP contribution in [0.4, 0.5) is 4.79 Å². The maximum atomic E-state index is 11.7. The summed E-state index contributed by atoms with van der Waals surface area (Å²) in [5, 5.41) is 18.4. The van der Waals surface area contributed by atoms with Gasteiger partial charge >= 0.3 is 12.0 Å². The molecule has 0 aromatic carbocycles. The predicted octanol–water partition coefficient (Wildman–Crippen LogP) is 0.291. The zero-order valence-electron chi connectivity index (χ0n) is 11.2. The summed E-state index contributed by atoms with van der Waals surface area (Å²) in [5.41, 5.74) is 1.04. The van der Waals surface area contributed by atoms with Crippen molar-refractivity contribution < 1.29 is 14.7 Å². The van der Waals surface area contributed by atoms with Gasteiger partial charge in [0.25, 0.3) is 0 Å². The maximum Gasteiger partial charge on any atom is 0.315 e. The highest BCUT2D eigenvalue weighted by Crippen LogP contribution is 2.17. The Kier molecular flexibility index (Phi) is 4.39. The third-order valence-corrected chi connectivity index (χ3v) is 3.31. The van der Waals surface area contributed by atoms with Crippen LogP contribution in [0, 0.1) is 5.92 Å². The lowest BCUT2D eigenvalue weighted by Crippen LogP contribution is -2.41. The summed E-state index contributed by atoms with van der Waals surface area (Å²) in [7, 11) is 1.85. The third kappa shape index (κ3) is 3.59. The monoisotopic (exact) mass is 278 g/mol. The van der Waals surface area contributed by atoms with Crippen LogP contribution in [0.5, 0.6) is 0 Å². The van der Waals surface area contributed by atoms with E-state index in [1.54, 1.807) is 23.0 Å². The highest BCUT2D eigenvalue weighted by atomic mass is 16.4. The number of nitrogens with one attached hydrogen (secondary N) is 2. The molecule has 108 valence electrons. The van der Waals surface area contributed by atoms with Crippen LogP contribution < -0.4 is 10.6 Å². The first-order valence-corrected chi connectivity index (χ1v) is 6.48. The van der Waals surface area contributed by atoms with Gasteiger partial charge in [0.05, 0.1) is 12.0 Å². The molecule has 0 radical (unpaired) electrons. The average molecular weight is 278 g/mol. The zero-order chi connectivity index (χ0) is 14.5. The molecule has 2 amide bonds. The number of aliphatic carboxylic acids is 1. The summed E-state index contributed by atoms with van der Waals surface area (Å²) in [6, 6.07) is 1.40. The van der Waals surface area contributed by atoms with Gasteiger partial charge in [-0.05, 0) is 12.5 Å². The van der Waals surface area contributed by atoms with E-state index >= 15 is 0 Å². The maximum absolute atomic E-state index is 11.7. The summed E-state index contributed by atoms with van der Waals surface area (Å²) >= 11 is 0. The Labute approximate surface area is 116 Å². The summed E-state index contributed by atoms with van der Waals surface area (Å²) < 4.78 is 1.76. The zero-order valence-corrected chi connectivity index (χ0v) is 11.2. The van der Waals surface area contributed by atoms with Gasteiger partial charge in [-0.1, -0.05) is 12.2 Å². The molecule has 1 aromatic rings. The Balaban J connectivity index is 1.68. The third-order valence-electron chi connectivity index (χ3n) is 3.31. The molecule has 2 atom stereocenters. The van der Waals surface area contributed by atoms with E-state index < -0.39 is 11.9 Å². The largest absolute Gasteiger partial charge is 0.481 e. The quantitative estimate of drug-likeness (QED) is 0.674. The van der Waals surface area contributed by atoms with Gasteiger partial charge in [0.2, 0.25) is 0 Å². The van der Waals surface area contributed by atoms with Crippen LogP contribution in [0.3, 0.4) is 0 Å². The van der Waals surface area contributed by atoms with Crippen molar-refractivity contribution in [3.8, 4) is 0 Å². The Morgan fingerprint density at radius 3 is 2.90 bits per heavy atom. The fourth-order valence-electron chi connectivity index (χ4n) is 2.16. The van der Waals surface area contributed by atoms with E-state index in [0.29, 0.717) is 19.4 Å². The molecule has 20 heavy (non-hydrogen) atoms. The highest BCUT2D eigenvalue weighted by molar-refractivity contribution is 5.76. The van der Waals surface area contributed by atoms with E-state index in [-0.39, 0.29) is 12.1 Å². The number of carbonyl (C=O) groups excluding carboxylic acids is 1. The minimum Gasteiger partial charge on any atom is -0.481 e. The molecule has 0 bridgehead atoms. The van der Waals surface area contributed by atoms with Gasteiger partial charge in [-0.3, -0.25) is 9.48 Å². The van der Waals surface area contributed by atoms with Crippen molar-refractivity contribution in [2.75, 3.05) is 6.54 Å². The minimum atomic E-state index is -0.859. The number of aryl methyl sites for hydroxylation is 1. The number of urea groups is 1. The van der Waals surface area contributed by atoms with E-state index in [1.165, 1.54) is 0 Å². The minimum absolute atomic E-state index is 0.215. The fraction of sp³-hybridized carbons (Fsp3) is 0.462. The lowest BCUT2D eigenvalue weighted by molar-refractivity contribution is -0.140. The van der Waals surface area contributed by atoms with E-state index in [9.17, 15) is 9.59 Å². The standard InChI is InChI=1S/C13H18N4O3/c1-17-11(5-7-15-17)4-6-14-13(20)16-10-3-2-9(8-10)12(18)19/h2-3,5,7,9-10H,4,6,8H2,1H3,(H,18,19)(H2,14,16,20). The summed E-state index contributed by atoms with van der Waals surface area (Å²) in [6.45, 7) is 0.504. The molecule has 0 spiro atoms. The van der Waals surface area contributed by atoms with Crippen molar-refractivity contribution in [3.05, 3.63) is 30.1 Å². The Hall–Kier alpha value is -2.31. The Bertz CT molecular complexity index is 523. The smallest absolute Gasteiger partial charge is 0.315 e. The first-order valence-electron chi connectivity index (χ1n) is 6.48. The van der Waals surface area contributed by atoms with Crippen molar-refractivity contribution in [3.63, 3.8) is 0 Å². The van der Waals surface area contributed by atoms with Crippen LogP contribution in [-0.4, -0.2) is 39.5 Å². The molecule has 3 N–H and O–H groups in total. The highest BCUT2D eigenvalue weighted by Gasteiger charge is 2.25. The molecular formula is C13H18N4O3. The van der Waals surface area contributed by atoms with Crippen molar-refractivity contribution in [2.24, 2.45) is 13.0 Å². The van der Waals surface area contributed by atoms with Gasteiger partial charge in [-0.2, -0.15) is 5.10 Å². The first-order chi connectivity index (χ1) is 9.56. The number of aromatic nitrogens is 2. The number of carbonyl (C=O) groups is 2. The fourth-order valence-corrected chi connectivity index (χ4v) is 2.16. The number of rotatable bonds is 5. The number of carboxylic acid groups (broad SMARTS) is 1. The van der Waals surface area contributed by atoms with Crippen molar-refractivity contribution >= 4 is 12.0 Å². The molecule has 0 saturated carbocycles. The lowest BCUT2D eigenvalue weighted by atomic mass is 10.1. The van der Waals surface area contributed by atoms with Crippen molar-refractivity contribution in [1.82, 2.24) is 20.4 Å². The molecule has 2 rings (SSSR count). The van der Waals surface area contributed by atoms with E-state index in [4.69, 9.17) is 5.11 Å². The van der Waals surface area contributed by atoms with Gasteiger partial charge in [0.15, 0.2) is 0 Å². The molecule has 1 aromatic heterocycles. The summed E-state index contributed by atoms with van der Waals surface area (Å²) in [4.78, 5) is 22.4. The van der Waals surface area contributed by atoms with E-state index in [1.807, 2.05) is 13.1 Å². The van der Waals surface area contributed by atoms with Gasteiger partial charge < -0.3 is 15.7 Å². The molecular weight excluding hydrogens is 260 g/mol. The van der Waals surface area contributed by atoms with Crippen LogP contribution in [0.15, 0.2) is 24.4 Å². The second kappa shape index (κ2) is 6.23. The molecule has 7 nitrogen and oxygen atoms in total. The Morgan fingerprint density at radius 1 is 1.50 bits per heavy atom. The summed E-state index contributed by atoms with van der Waals surface area (Å²) in [6.07, 6.45) is 6.15. The van der Waals surface area contributed by atoms with Gasteiger partial charge in [-0.25, -0.2) is 4.79 Å². The lowest BCUT2D eigenvalue weighted by Gasteiger charge is -2.13. The number of nitrogens with zero attached hydrogens (tertiary/aromatic N) is 2. The van der Waals surface area contributed by atoms with Gasteiger partial charge in [0.1, 0.15) is 0 Å². The van der Waals surface area contributed by atoms with Gasteiger partial charge in [0, 0.05) is 31.9 Å². The Morgan fingerprint density at radius 2 is 2.30 bits per heavy atom. The molecule has 1 aliphatic carbocycles. The second-order valence-electron chi connectivity index (χ2n) is 4.77. The second-order valence-corrected chi connectivity index (χ2v) is 4.77. The average Bonchev–Trinajstić information content (AvgIpc) is 2.99. The summed E-state index contributed by atoms with van der Waals surface area (Å²) in [5.74, 6) is -1.36. The van der Waals surface area contributed by atoms with Crippen LogP contribution in [0.1, 0.15) is 12.1 Å². The predicted molar refractivity (Wildman–Crippen MR) is 72.1 cm³/mol. The van der Waals surface area contributed by atoms with Crippen molar-refractivity contribution in [1.29, 1.82) is 0 Å². The molecule has 0 aliphatic heterocycles. The van der Waals surface area contributed by atoms with Crippen LogP contribution >= 0.6 is 0 Å². The molecule has 0 saturated heterocycles. The van der Waals surface area contributed by atoms with Crippen LogP contribution in [-0.2, 0) is 18.3 Å². The topological polar surface area (TPSA) is 96.3 Å². The first kappa shape index (κ1) is 14.1. The molecule has 2 unspecified atom stereocenters. The van der Waals surface area contributed by atoms with E-state index in [0.717, 1.165) is 5.69 Å². The van der Waals surface area contributed by atoms with E-state index in [2.05, 4.69) is 15.7 Å². The molecule has 7 heteroatoms. The van der Waals surface area contributed by atoms with Crippen LogP contribution in [0.2, 0.25) is 0 Å². The molecule has 1 heterocycles. The molecule has 0 fully saturated rings. The van der Waals surface area contributed by atoms with Gasteiger partial charge in [-0.15, -0.1) is 0 Å².